The van der Waals surface area contributed by atoms with Gasteiger partial charge in [-0.2, -0.15) is 0 Å². The van der Waals surface area contributed by atoms with E-state index >= 15 is 0 Å². The standard InChI is InChI=1S/2C6H6N2O2.5C6H8N2.C2H6/c2*1-5-2-3-6(4-7-5)8(9)10;5*1-5-2-3-6(7)4-8-5;1-2/h2*2-4H,1H3;5*2-4H,7H2,1H3;1-2H3. The van der Waals surface area contributed by atoms with Crippen LogP contribution in [0.3, 0.4) is 0 Å². The summed E-state index contributed by atoms with van der Waals surface area (Å²) < 4.78 is 0. The average Bonchev–Trinajstić information content (AvgIpc) is 3.26. The number of rotatable bonds is 2. The van der Waals surface area contributed by atoms with Gasteiger partial charge in [0.2, 0.25) is 0 Å². The van der Waals surface area contributed by atoms with Gasteiger partial charge in [0.25, 0.3) is 11.4 Å². The monoisotopic (exact) mass is 846 g/mol. The van der Waals surface area contributed by atoms with Crippen LogP contribution in [0.5, 0.6) is 0 Å². The van der Waals surface area contributed by atoms with Crippen LogP contribution in [0.4, 0.5) is 39.8 Å². The molecule has 0 aromatic carbocycles. The summed E-state index contributed by atoms with van der Waals surface area (Å²) in [6.07, 6.45) is 10.7. The second kappa shape index (κ2) is 30.9. The lowest BCUT2D eigenvalue weighted by Gasteiger charge is -1.89. The van der Waals surface area contributed by atoms with Gasteiger partial charge in [0, 0.05) is 52.0 Å². The first kappa shape index (κ1) is 53.9. The zero-order chi connectivity index (χ0) is 47.0. The third-order valence-corrected chi connectivity index (χ3v) is 6.88. The van der Waals surface area contributed by atoms with Crippen LogP contribution in [0, 0.1) is 68.7 Å². The molecule has 0 aliphatic heterocycles. The van der Waals surface area contributed by atoms with Gasteiger partial charge in [0.05, 0.1) is 69.3 Å². The van der Waals surface area contributed by atoms with Gasteiger partial charge < -0.3 is 28.7 Å². The van der Waals surface area contributed by atoms with Crippen molar-refractivity contribution in [2.45, 2.75) is 62.3 Å². The number of aryl methyl sites for hydroxylation is 7. The van der Waals surface area contributed by atoms with Gasteiger partial charge in [0.15, 0.2) is 0 Å². The summed E-state index contributed by atoms with van der Waals surface area (Å²) in [7, 11) is 0. The summed E-state index contributed by atoms with van der Waals surface area (Å²) in [5.74, 6) is 0. The van der Waals surface area contributed by atoms with Gasteiger partial charge >= 0.3 is 0 Å². The Hall–Kier alpha value is -8.15. The maximum Gasteiger partial charge on any atom is 0.287 e. The minimum absolute atomic E-state index is 0.0330. The first-order valence-electron chi connectivity index (χ1n) is 18.9. The maximum absolute atomic E-state index is 10.1. The molecule has 0 atom stereocenters. The van der Waals surface area contributed by atoms with Gasteiger partial charge in [-0.25, -0.2) is 0 Å². The second-order valence-corrected chi connectivity index (χ2v) is 12.5. The van der Waals surface area contributed by atoms with Crippen molar-refractivity contribution in [3.63, 3.8) is 0 Å². The molecule has 0 saturated carbocycles. The van der Waals surface area contributed by atoms with E-state index in [0.29, 0.717) is 0 Å². The van der Waals surface area contributed by atoms with Crippen molar-refractivity contribution in [1.82, 2.24) is 34.9 Å². The van der Waals surface area contributed by atoms with Crippen LogP contribution in [0.25, 0.3) is 0 Å². The van der Waals surface area contributed by atoms with Crippen LogP contribution >= 0.6 is 0 Å². The molecule has 328 valence electrons. The number of nitrogens with two attached hydrogens (primary N) is 5. The Labute approximate surface area is 363 Å². The van der Waals surface area contributed by atoms with Crippen molar-refractivity contribution in [1.29, 1.82) is 0 Å². The molecule has 0 aliphatic rings. The fraction of sp³-hybridized carbons (Fsp3) is 0.205. The van der Waals surface area contributed by atoms with Crippen molar-refractivity contribution in [2.24, 2.45) is 0 Å². The van der Waals surface area contributed by atoms with E-state index in [4.69, 9.17) is 28.7 Å². The molecular formula is C44H58N14O4. The molecular weight excluding hydrogens is 789 g/mol. The number of nitro groups is 2. The first-order valence-corrected chi connectivity index (χ1v) is 18.9. The predicted octanol–water partition coefficient (Wildman–Crippen LogP) is 8.48. The van der Waals surface area contributed by atoms with E-state index in [1.165, 1.54) is 24.5 Å². The van der Waals surface area contributed by atoms with Crippen LogP contribution in [0.15, 0.2) is 128 Å². The fourth-order valence-corrected chi connectivity index (χ4v) is 3.53. The smallest absolute Gasteiger partial charge is 0.287 e. The Balaban J connectivity index is 0.000000697. The van der Waals surface area contributed by atoms with E-state index in [-0.39, 0.29) is 11.4 Å². The molecule has 0 amide bonds. The van der Waals surface area contributed by atoms with Crippen LogP contribution < -0.4 is 28.7 Å². The summed E-state index contributed by atoms with van der Waals surface area (Å²) in [6.45, 7) is 17.2. The van der Waals surface area contributed by atoms with Gasteiger partial charge in [0.1, 0.15) is 12.4 Å². The number of nitrogens with zero attached hydrogens (tertiary/aromatic N) is 9. The average molecular weight is 847 g/mol. The van der Waals surface area contributed by atoms with E-state index in [1.54, 1.807) is 57.0 Å². The molecule has 10 N–H and O–H groups in total. The SMILES string of the molecule is CC.Cc1ccc(N)cn1.Cc1ccc(N)cn1.Cc1ccc(N)cn1.Cc1ccc(N)cn1.Cc1ccc(N)cn1.Cc1ccc([N+](=O)[O-])cn1.Cc1ccc([N+](=O)[O-])cn1. The molecule has 0 radical (unpaired) electrons. The lowest BCUT2D eigenvalue weighted by Crippen LogP contribution is -1.88. The number of aromatic nitrogens is 7. The van der Waals surface area contributed by atoms with E-state index in [1.807, 2.05) is 109 Å². The summed E-state index contributed by atoms with van der Waals surface area (Å²) >= 11 is 0. The molecule has 0 aliphatic carbocycles. The number of hydrogen-bond donors (Lipinski definition) is 5. The molecule has 0 saturated heterocycles. The zero-order valence-electron chi connectivity index (χ0n) is 36.7. The molecule has 0 bridgehead atoms. The van der Waals surface area contributed by atoms with E-state index in [9.17, 15) is 20.2 Å². The van der Waals surface area contributed by atoms with Crippen LogP contribution in [0.1, 0.15) is 53.7 Å². The highest BCUT2D eigenvalue weighted by atomic mass is 16.6. The minimum Gasteiger partial charge on any atom is -0.397 e. The van der Waals surface area contributed by atoms with E-state index < -0.39 is 9.85 Å². The molecule has 62 heavy (non-hydrogen) atoms. The minimum atomic E-state index is -0.466. The summed E-state index contributed by atoms with van der Waals surface area (Å²) in [4.78, 5) is 46.5. The maximum atomic E-state index is 10.1. The molecule has 7 aromatic heterocycles. The number of pyridine rings is 7. The Bertz CT molecular complexity index is 1830. The van der Waals surface area contributed by atoms with Crippen molar-refractivity contribution in [2.75, 3.05) is 28.7 Å². The number of nitrogen functional groups attached to an aromatic ring is 5. The third kappa shape index (κ3) is 27.5. The lowest BCUT2D eigenvalue weighted by atomic mass is 10.3. The molecule has 7 aromatic rings. The molecule has 0 unspecified atom stereocenters. The second-order valence-electron chi connectivity index (χ2n) is 12.5. The fourth-order valence-electron chi connectivity index (χ4n) is 3.53. The van der Waals surface area contributed by atoms with Crippen LogP contribution in [-0.2, 0) is 0 Å². The molecule has 18 nitrogen and oxygen atoms in total. The third-order valence-electron chi connectivity index (χ3n) is 6.88. The van der Waals surface area contributed by atoms with Gasteiger partial charge in [-0.05, 0) is 121 Å². The normalized spacial score (nSPS) is 8.98. The Morgan fingerprint density at radius 3 is 0.581 bits per heavy atom. The van der Waals surface area contributed by atoms with Gasteiger partial charge in [-0.15, -0.1) is 0 Å². The van der Waals surface area contributed by atoms with Crippen LogP contribution in [0.2, 0.25) is 0 Å². The van der Waals surface area contributed by atoms with E-state index in [0.717, 1.165) is 68.3 Å². The van der Waals surface area contributed by atoms with Crippen molar-refractivity contribution >= 4 is 39.8 Å². The summed E-state index contributed by atoms with van der Waals surface area (Å²) in [5, 5.41) is 20.2. The topological polar surface area (TPSA) is 307 Å². The lowest BCUT2D eigenvalue weighted by molar-refractivity contribution is -0.385. The van der Waals surface area contributed by atoms with Gasteiger partial charge in [-0.3, -0.25) is 55.1 Å². The molecule has 7 heterocycles. The zero-order valence-corrected chi connectivity index (χ0v) is 36.7. The predicted molar refractivity (Wildman–Crippen MR) is 250 cm³/mol. The number of anilines is 5. The highest BCUT2D eigenvalue weighted by molar-refractivity contribution is 5.36. The number of hydrogen-bond acceptors (Lipinski definition) is 16. The molecule has 7 rings (SSSR count). The molecule has 0 fully saturated rings. The van der Waals surface area contributed by atoms with Crippen LogP contribution in [-0.4, -0.2) is 44.7 Å². The molecule has 0 spiro atoms. The Morgan fingerprint density at radius 2 is 0.484 bits per heavy atom. The van der Waals surface area contributed by atoms with Gasteiger partial charge in [-0.1, -0.05) is 13.8 Å². The van der Waals surface area contributed by atoms with Crippen molar-refractivity contribution in [3.8, 4) is 0 Å². The Morgan fingerprint density at radius 1 is 0.323 bits per heavy atom. The first-order chi connectivity index (χ1) is 29.3. The highest BCUT2D eigenvalue weighted by Gasteiger charge is 2.03. The summed E-state index contributed by atoms with van der Waals surface area (Å²) in [5.41, 5.74) is 37.0. The van der Waals surface area contributed by atoms with Crippen molar-refractivity contribution in [3.05, 3.63) is 188 Å². The van der Waals surface area contributed by atoms with E-state index in [2.05, 4.69) is 34.9 Å². The van der Waals surface area contributed by atoms with Crippen molar-refractivity contribution < 1.29 is 9.85 Å². The molecule has 18 heteroatoms. The highest BCUT2D eigenvalue weighted by Crippen LogP contribution is 2.08. The quantitative estimate of drug-likeness (QED) is 0.0804. The largest absolute Gasteiger partial charge is 0.397 e. The Kier molecular flexibility index (Phi) is 26.8. The summed E-state index contributed by atoms with van der Waals surface area (Å²) in [6, 6.07) is 24.7.